The molecular formula is C8H12O4. The van der Waals surface area contributed by atoms with E-state index < -0.39 is 11.9 Å². The van der Waals surface area contributed by atoms with Gasteiger partial charge in [-0.1, -0.05) is 12.2 Å². The number of hydrogen-bond donors (Lipinski definition) is 2. The Hall–Kier alpha value is -1.32. The molecule has 0 rings (SSSR count). The molecule has 0 aromatic carbocycles. The van der Waals surface area contributed by atoms with E-state index >= 15 is 0 Å². The fourth-order valence-electron chi connectivity index (χ4n) is 0.649. The first-order chi connectivity index (χ1) is 5.63. The van der Waals surface area contributed by atoms with Gasteiger partial charge in [-0.2, -0.15) is 0 Å². The highest BCUT2D eigenvalue weighted by Gasteiger charge is 1.93. The van der Waals surface area contributed by atoms with Gasteiger partial charge in [-0.15, -0.1) is 0 Å². The van der Waals surface area contributed by atoms with Crippen LogP contribution in [0.25, 0.3) is 0 Å². The van der Waals surface area contributed by atoms with Crippen LogP contribution in [0.3, 0.4) is 0 Å². The highest BCUT2D eigenvalue weighted by atomic mass is 16.5. The summed E-state index contributed by atoms with van der Waals surface area (Å²) in [6.07, 6.45) is 4.52. The van der Waals surface area contributed by atoms with E-state index in [0.717, 1.165) is 0 Å². The number of allylic oxidation sites excluding steroid dienone is 2. The minimum atomic E-state index is -0.835. The molecule has 4 heteroatoms. The first kappa shape index (κ1) is 10.7. The number of aliphatic carboxylic acids is 2. The van der Waals surface area contributed by atoms with E-state index in [2.05, 4.69) is 0 Å². The molecule has 0 amide bonds. The van der Waals surface area contributed by atoms with Gasteiger partial charge in [0.05, 0.1) is 0 Å². The van der Waals surface area contributed by atoms with Crippen molar-refractivity contribution in [1.29, 1.82) is 0 Å². The normalized spacial score (nSPS) is 10.3. The maximum absolute atomic E-state index is 10.0. The van der Waals surface area contributed by atoms with Crippen LogP contribution >= 0.6 is 0 Å². The van der Waals surface area contributed by atoms with Crippen molar-refractivity contribution in [2.24, 2.45) is 0 Å². The van der Waals surface area contributed by atoms with E-state index in [9.17, 15) is 9.59 Å². The van der Waals surface area contributed by atoms with Crippen molar-refractivity contribution in [1.82, 2.24) is 0 Å². The molecule has 0 aliphatic heterocycles. The van der Waals surface area contributed by atoms with Crippen LogP contribution in [-0.2, 0) is 9.59 Å². The van der Waals surface area contributed by atoms with Crippen molar-refractivity contribution in [3.05, 3.63) is 12.2 Å². The SMILES string of the molecule is O=[13C](O)CC/C=C/CC[13C](=O)O. The summed E-state index contributed by atoms with van der Waals surface area (Å²) in [6.45, 7) is 0. The zero-order valence-electron chi connectivity index (χ0n) is 6.69. The average Bonchev–Trinajstić information content (AvgIpc) is 1.95. The molecule has 68 valence electrons. The first-order valence-corrected chi connectivity index (χ1v) is 3.71. The van der Waals surface area contributed by atoms with Gasteiger partial charge in [-0.3, -0.25) is 9.59 Å². The lowest BCUT2D eigenvalue weighted by molar-refractivity contribution is -0.138. The second-order valence-corrected chi connectivity index (χ2v) is 2.34. The molecule has 4 nitrogen and oxygen atoms in total. The van der Waals surface area contributed by atoms with E-state index in [4.69, 9.17) is 10.2 Å². The lowest BCUT2D eigenvalue weighted by Gasteiger charge is -1.88. The summed E-state index contributed by atoms with van der Waals surface area (Å²) in [4.78, 5) is 20.0. The van der Waals surface area contributed by atoms with E-state index in [-0.39, 0.29) is 12.8 Å². The number of carboxylic acid groups (broad SMARTS) is 2. The van der Waals surface area contributed by atoms with Crippen molar-refractivity contribution in [3.8, 4) is 0 Å². The van der Waals surface area contributed by atoms with Gasteiger partial charge in [0.1, 0.15) is 0 Å². The van der Waals surface area contributed by atoms with Crippen molar-refractivity contribution in [2.45, 2.75) is 25.7 Å². The third-order valence-electron chi connectivity index (χ3n) is 1.22. The molecule has 0 bridgehead atoms. The Morgan fingerprint density at radius 3 is 1.50 bits per heavy atom. The Labute approximate surface area is 70.5 Å². The molecule has 0 aliphatic rings. The molecule has 0 heterocycles. The van der Waals surface area contributed by atoms with Crippen LogP contribution < -0.4 is 0 Å². The highest BCUT2D eigenvalue weighted by molar-refractivity contribution is 5.67. The molecule has 0 radical (unpaired) electrons. The third kappa shape index (κ3) is 8.68. The third-order valence-corrected chi connectivity index (χ3v) is 1.22. The summed E-state index contributed by atoms with van der Waals surface area (Å²) in [7, 11) is 0. The van der Waals surface area contributed by atoms with Crippen LogP contribution in [0.2, 0.25) is 0 Å². The highest BCUT2D eigenvalue weighted by Crippen LogP contribution is 1.95. The van der Waals surface area contributed by atoms with Crippen molar-refractivity contribution in [2.75, 3.05) is 0 Å². The monoisotopic (exact) mass is 174 g/mol. The molecule has 2 N–H and O–H groups in total. The maximum atomic E-state index is 10.0. The van der Waals surface area contributed by atoms with Crippen molar-refractivity contribution in [3.63, 3.8) is 0 Å². The lowest BCUT2D eigenvalue weighted by Crippen LogP contribution is -1.93. The number of rotatable bonds is 6. The number of carbonyl (C=O) groups is 2. The topological polar surface area (TPSA) is 74.6 Å². The molecule has 0 aromatic rings. The molecule has 12 heavy (non-hydrogen) atoms. The van der Waals surface area contributed by atoms with E-state index in [0.29, 0.717) is 12.8 Å². The molecular weight excluding hydrogens is 162 g/mol. The van der Waals surface area contributed by atoms with Crippen LogP contribution in [0.1, 0.15) is 25.7 Å². The van der Waals surface area contributed by atoms with Gasteiger partial charge in [0.25, 0.3) is 0 Å². The average molecular weight is 174 g/mol. The minimum absolute atomic E-state index is 0.101. The van der Waals surface area contributed by atoms with Gasteiger partial charge < -0.3 is 10.2 Å². The Morgan fingerprint density at radius 2 is 1.25 bits per heavy atom. The second kappa shape index (κ2) is 6.39. The maximum Gasteiger partial charge on any atom is 0.303 e. The lowest BCUT2D eigenvalue weighted by atomic mass is 10.3. The van der Waals surface area contributed by atoms with Crippen molar-refractivity contribution >= 4 is 11.9 Å². The molecule has 0 atom stereocenters. The van der Waals surface area contributed by atoms with Gasteiger partial charge in [0, 0.05) is 12.8 Å². The molecule has 0 spiro atoms. The Kier molecular flexibility index (Phi) is 5.69. The summed E-state index contributed by atoms with van der Waals surface area (Å²) >= 11 is 0. The fourth-order valence-corrected chi connectivity index (χ4v) is 0.649. The molecule has 0 saturated heterocycles. The van der Waals surface area contributed by atoms with Gasteiger partial charge >= 0.3 is 11.9 Å². The second-order valence-electron chi connectivity index (χ2n) is 2.34. The first-order valence-electron chi connectivity index (χ1n) is 3.71. The predicted molar refractivity (Wildman–Crippen MR) is 42.9 cm³/mol. The van der Waals surface area contributed by atoms with Crippen LogP contribution in [0.4, 0.5) is 0 Å². The molecule has 0 fully saturated rings. The van der Waals surface area contributed by atoms with Gasteiger partial charge in [-0.25, -0.2) is 0 Å². The standard InChI is InChI=1S/C8H12O4/c9-7(10)5-3-1-2-4-6-8(11)12/h1-2H,3-6H2,(H,9,10)(H,11,12)/b2-1+/i7+1,8+1. The molecule has 0 aromatic heterocycles. The van der Waals surface area contributed by atoms with Gasteiger partial charge in [0.2, 0.25) is 0 Å². The summed E-state index contributed by atoms with van der Waals surface area (Å²) in [5.74, 6) is -1.67. The Balaban J connectivity index is 3.26. The molecule has 0 unspecified atom stereocenters. The zero-order valence-corrected chi connectivity index (χ0v) is 6.69. The van der Waals surface area contributed by atoms with Crippen molar-refractivity contribution < 1.29 is 19.8 Å². The van der Waals surface area contributed by atoms with Crippen LogP contribution in [0.5, 0.6) is 0 Å². The zero-order chi connectivity index (χ0) is 9.40. The van der Waals surface area contributed by atoms with Crippen LogP contribution in [0, 0.1) is 0 Å². The quantitative estimate of drug-likeness (QED) is 0.469. The summed E-state index contributed by atoms with van der Waals surface area (Å²) < 4.78 is 0. The Bertz CT molecular complexity index is 163. The predicted octanol–water partition coefficient (Wildman–Crippen LogP) is 1.27. The summed E-state index contributed by atoms with van der Waals surface area (Å²) in [5, 5.41) is 16.5. The minimum Gasteiger partial charge on any atom is -0.481 e. The Morgan fingerprint density at radius 1 is 0.917 bits per heavy atom. The molecule has 0 aliphatic carbocycles. The van der Waals surface area contributed by atoms with Crippen LogP contribution in [-0.4, -0.2) is 22.2 Å². The van der Waals surface area contributed by atoms with Gasteiger partial charge in [-0.05, 0) is 12.8 Å². The van der Waals surface area contributed by atoms with E-state index in [1.807, 2.05) is 0 Å². The van der Waals surface area contributed by atoms with Gasteiger partial charge in [0.15, 0.2) is 0 Å². The smallest absolute Gasteiger partial charge is 0.303 e. The molecule has 0 saturated carbocycles. The number of hydrogen-bond acceptors (Lipinski definition) is 2. The number of carboxylic acids is 2. The van der Waals surface area contributed by atoms with Crippen LogP contribution in [0.15, 0.2) is 12.2 Å². The largest absolute Gasteiger partial charge is 0.481 e. The van der Waals surface area contributed by atoms with E-state index in [1.165, 1.54) is 0 Å². The summed E-state index contributed by atoms with van der Waals surface area (Å²) in [6, 6.07) is 0. The fraction of sp³-hybridized carbons (Fsp3) is 0.500. The summed E-state index contributed by atoms with van der Waals surface area (Å²) in [5.41, 5.74) is 0. The van der Waals surface area contributed by atoms with E-state index in [1.54, 1.807) is 12.2 Å².